The van der Waals surface area contributed by atoms with Crippen LogP contribution in [0.2, 0.25) is 0 Å². The van der Waals surface area contributed by atoms with Crippen molar-refractivity contribution in [1.82, 2.24) is 20.4 Å². The molecule has 0 aliphatic rings. The lowest BCUT2D eigenvalue weighted by atomic mass is 10.2. The van der Waals surface area contributed by atoms with E-state index in [4.69, 9.17) is 4.52 Å². The highest BCUT2D eigenvalue weighted by Crippen LogP contribution is 2.21. The fourth-order valence-electron chi connectivity index (χ4n) is 1.83. The van der Waals surface area contributed by atoms with Crippen molar-refractivity contribution < 1.29 is 4.52 Å². The highest BCUT2D eigenvalue weighted by atomic mass is 32.1. The molecular formula is C14H14N4OS. The summed E-state index contributed by atoms with van der Waals surface area (Å²) in [6, 6.07) is 10.2. The molecule has 0 amide bonds. The van der Waals surface area contributed by atoms with Crippen molar-refractivity contribution in [3.8, 4) is 11.3 Å². The summed E-state index contributed by atoms with van der Waals surface area (Å²) in [5, 5.41) is 10.2. The Bertz CT molecular complexity index is 677. The van der Waals surface area contributed by atoms with Crippen LogP contribution in [0.15, 0.2) is 40.2 Å². The Hall–Kier alpha value is -2.05. The van der Waals surface area contributed by atoms with E-state index < -0.39 is 0 Å². The van der Waals surface area contributed by atoms with Gasteiger partial charge in [-0.05, 0) is 0 Å². The first-order chi connectivity index (χ1) is 9.81. The fraction of sp³-hybridized carbons (Fsp3) is 0.214. The minimum absolute atomic E-state index is 0.581. The van der Waals surface area contributed by atoms with Crippen LogP contribution in [0.4, 0.5) is 0 Å². The number of thiazole rings is 1. The molecule has 1 aromatic carbocycles. The van der Waals surface area contributed by atoms with Gasteiger partial charge in [-0.1, -0.05) is 35.5 Å². The maximum atomic E-state index is 4.92. The van der Waals surface area contributed by atoms with Gasteiger partial charge in [-0.15, -0.1) is 11.3 Å². The van der Waals surface area contributed by atoms with Crippen LogP contribution in [-0.2, 0) is 13.1 Å². The van der Waals surface area contributed by atoms with Crippen LogP contribution in [0.25, 0.3) is 11.3 Å². The normalized spacial score (nSPS) is 10.8. The molecule has 5 nitrogen and oxygen atoms in total. The second-order valence-corrected chi connectivity index (χ2v) is 5.27. The first kappa shape index (κ1) is 13.0. The average Bonchev–Trinajstić information content (AvgIpc) is 3.09. The molecular weight excluding hydrogens is 272 g/mol. The molecule has 0 fully saturated rings. The number of aromatic nitrogens is 3. The summed E-state index contributed by atoms with van der Waals surface area (Å²) >= 11 is 1.65. The highest BCUT2D eigenvalue weighted by molar-refractivity contribution is 7.09. The number of nitrogens with zero attached hydrogens (tertiary/aromatic N) is 3. The monoisotopic (exact) mass is 286 g/mol. The first-order valence-corrected chi connectivity index (χ1v) is 7.19. The Labute approximate surface area is 120 Å². The van der Waals surface area contributed by atoms with Crippen LogP contribution in [0.1, 0.15) is 16.7 Å². The zero-order valence-corrected chi connectivity index (χ0v) is 11.9. The third-order valence-electron chi connectivity index (χ3n) is 2.75. The topological polar surface area (TPSA) is 63.8 Å². The Kier molecular flexibility index (Phi) is 3.85. The lowest BCUT2D eigenvalue weighted by Crippen LogP contribution is -2.13. The van der Waals surface area contributed by atoms with Crippen LogP contribution in [0, 0.1) is 6.92 Å². The minimum atomic E-state index is 0.581. The van der Waals surface area contributed by atoms with Gasteiger partial charge in [-0.25, -0.2) is 4.98 Å². The van der Waals surface area contributed by atoms with Crippen LogP contribution in [0.3, 0.4) is 0 Å². The van der Waals surface area contributed by atoms with E-state index in [0.29, 0.717) is 24.8 Å². The number of aryl methyl sites for hydroxylation is 1. The molecule has 20 heavy (non-hydrogen) atoms. The molecule has 3 rings (SSSR count). The first-order valence-electron chi connectivity index (χ1n) is 6.31. The van der Waals surface area contributed by atoms with Crippen molar-refractivity contribution in [1.29, 1.82) is 0 Å². The number of rotatable bonds is 5. The molecule has 0 aliphatic heterocycles. The van der Waals surface area contributed by atoms with Gasteiger partial charge in [-0.2, -0.15) is 4.98 Å². The van der Waals surface area contributed by atoms with Crippen molar-refractivity contribution in [3.63, 3.8) is 0 Å². The summed E-state index contributed by atoms with van der Waals surface area (Å²) in [6.07, 6.45) is 0. The van der Waals surface area contributed by atoms with Crippen LogP contribution >= 0.6 is 11.3 Å². The molecule has 102 valence electrons. The van der Waals surface area contributed by atoms with Crippen LogP contribution in [0.5, 0.6) is 0 Å². The van der Waals surface area contributed by atoms with E-state index in [9.17, 15) is 0 Å². The molecule has 0 saturated carbocycles. The van der Waals surface area contributed by atoms with E-state index in [1.807, 2.05) is 18.2 Å². The molecule has 0 unspecified atom stereocenters. The summed E-state index contributed by atoms with van der Waals surface area (Å²) in [5.41, 5.74) is 2.16. The Morgan fingerprint density at radius 1 is 1.15 bits per heavy atom. The van der Waals surface area contributed by atoms with Crippen molar-refractivity contribution in [2.45, 2.75) is 20.0 Å². The molecule has 0 atom stereocenters. The number of hydrogen-bond acceptors (Lipinski definition) is 6. The molecule has 0 spiro atoms. The van der Waals surface area contributed by atoms with Crippen molar-refractivity contribution in [2.24, 2.45) is 0 Å². The molecule has 2 heterocycles. The zero-order chi connectivity index (χ0) is 13.8. The lowest BCUT2D eigenvalue weighted by molar-refractivity contribution is 0.385. The van der Waals surface area contributed by atoms with E-state index in [-0.39, 0.29) is 0 Å². The van der Waals surface area contributed by atoms with Gasteiger partial charge in [0.25, 0.3) is 0 Å². The van der Waals surface area contributed by atoms with E-state index >= 15 is 0 Å². The highest BCUT2D eigenvalue weighted by Gasteiger charge is 2.05. The van der Waals surface area contributed by atoms with Crippen molar-refractivity contribution in [2.75, 3.05) is 0 Å². The van der Waals surface area contributed by atoms with Gasteiger partial charge in [0.2, 0.25) is 5.89 Å². The smallest absolute Gasteiger partial charge is 0.223 e. The summed E-state index contributed by atoms with van der Waals surface area (Å²) in [4.78, 5) is 8.75. The standard InChI is InChI=1S/C14H14N4OS/c1-10-16-13(18-19-10)7-15-8-14-17-12(9-20-14)11-5-3-2-4-6-11/h2-6,9,15H,7-8H2,1H3. The molecule has 1 N–H and O–H groups in total. The molecule has 0 aliphatic carbocycles. The van der Waals surface area contributed by atoms with Gasteiger partial charge in [0.15, 0.2) is 5.82 Å². The molecule has 0 bridgehead atoms. The van der Waals surface area contributed by atoms with Gasteiger partial charge in [0.1, 0.15) is 5.01 Å². The SMILES string of the molecule is Cc1nc(CNCc2nc(-c3ccccc3)cs2)no1. The quantitative estimate of drug-likeness (QED) is 0.781. The third-order valence-corrected chi connectivity index (χ3v) is 3.60. The predicted molar refractivity (Wildman–Crippen MR) is 77.1 cm³/mol. The second-order valence-electron chi connectivity index (χ2n) is 4.33. The van der Waals surface area contributed by atoms with Crippen LogP contribution < -0.4 is 5.32 Å². The zero-order valence-electron chi connectivity index (χ0n) is 11.0. The van der Waals surface area contributed by atoms with Crippen LogP contribution in [-0.4, -0.2) is 15.1 Å². The largest absolute Gasteiger partial charge is 0.340 e. The minimum Gasteiger partial charge on any atom is -0.340 e. The van der Waals surface area contributed by atoms with E-state index in [1.54, 1.807) is 18.3 Å². The van der Waals surface area contributed by atoms with E-state index in [1.165, 1.54) is 0 Å². The van der Waals surface area contributed by atoms with Gasteiger partial charge in [0.05, 0.1) is 12.2 Å². The summed E-state index contributed by atoms with van der Waals surface area (Å²) in [6.45, 7) is 3.06. The maximum absolute atomic E-state index is 4.92. The summed E-state index contributed by atoms with van der Waals surface area (Å²) < 4.78 is 4.92. The molecule has 0 saturated heterocycles. The Balaban J connectivity index is 1.58. The van der Waals surface area contributed by atoms with Crippen molar-refractivity contribution >= 4 is 11.3 Å². The molecule has 6 heteroatoms. The Morgan fingerprint density at radius 3 is 2.75 bits per heavy atom. The van der Waals surface area contributed by atoms with Gasteiger partial charge in [-0.3, -0.25) is 0 Å². The Morgan fingerprint density at radius 2 is 2.00 bits per heavy atom. The summed E-state index contributed by atoms with van der Waals surface area (Å²) in [7, 11) is 0. The number of hydrogen-bond donors (Lipinski definition) is 1. The lowest BCUT2D eigenvalue weighted by Gasteiger charge is -1.98. The van der Waals surface area contributed by atoms with Gasteiger partial charge < -0.3 is 9.84 Å². The van der Waals surface area contributed by atoms with E-state index in [0.717, 1.165) is 16.3 Å². The predicted octanol–water partition coefficient (Wildman–Crippen LogP) is 2.79. The number of nitrogens with one attached hydrogen (secondary N) is 1. The van der Waals surface area contributed by atoms with Crippen molar-refractivity contribution in [3.05, 3.63) is 52.4 Å². The van der Waals surface area contributed by atoms with E-state index in [2.05, 4.69) is 38.0 Å². The molecule has 3 aromatic rings. The average molecular weight is 286 g/mol. The van der Waals surface area contributed by atoms with Gasteiger partial charge >= 0.3 is 0 Å². The molecule has 0 radical (unpaired) electrons. The summed E-state index contributed by atoms with van der Waals surface area (Å²) in [5.74, 6) is 1.25. The number of benzene rings is 1. The van der Waals surface area contributed by atoms with Gasteiger partial charge in [0, 0.05) is 24.4 Å². The third kappa shape index (κ3) is 3.09. The fourth-order valence-corrected chi connectivity index (χ4v) is 2.60. The molecule has 2 aromatic heterocycles. The maximum Gasteiger partial charge on any atom is 0.223 e. The second kappa shape index (κ2) is 5.94.